The van der Waals surface area contributed by atoms with Gasteiger partial charge in [-0.05, 0) is 20.8 Å². The largest absolute Gasteiger partial charge is 0.454 e. The molecule has 12 nitrogen and oxygen atoms in total. The second-order valence-electron chi connectivity index (χ2n) is 9.40. The van der Waals surface area contributed by atoms with Gasteiger partial charge in [0.2, 0.25) is 0 Å². The number of hydrogen-bond donors (Lipinski definition) is 2. The molecule has 5 rings (SSSR count). The van der Waals surface area contributed by atoms with Gasteiger partial charge in [0.25, 0.3) is 0 Å². The summed E-state index contributed by atoms with van der Waals surface area (Å²) in [5, 5.41) is 11.3. The quantitative estimate of drug-likeness (QED) is 0.279. The van der Waals surface area contributed by atoms with Crippen LogP contribution in [-0.4, -0.2) is 61.5 Å². The zero-order chi connectivity index (χ0) is 25.7. The van der Waals surface area contributed by atoms with E-state index < -0.39 is 42.7 Å². The van der Waals surface area contributed by atoms with E-state index in [-0.39, 0.29) is 18.4 Å². The highest BCUT2D eigenvalue weighted by atomic mass is 32.7. The molecule has 2 aliphatic rings. The van der Waals surface area contributed by atoms with Crippen LogP contribution in [-0.2, 0) is 27.9 Å². The summed E-state index contributed by atoms with van der Waals surface area (Å²) in [6.07, 6.45) is -2.57. The molecular weight excluding hydrogens is 509 g/mol. The lowest BCUT2D eigenvalue weighted by Gasteiger charge is -2.31. The van der Waals surface area contributed by atoms with Crippen LogP contribution in [0.15, 0.2) is 36.7 Å². The van der Waals surface area contributed by atoms with Crippen molar-refractivity contribution in [1.82, 2.24) is 19.5 Å². The molecule has 2 fully saturated rings. The molecule has 2 aromatic heterocycles. The van der Waals surface area contributed by atoms with Crippen molar-refractivity contribution in [3.63, 3.8) is 0 Å². The number of nitrogens with zero attached hydrogens (tertiary/aromatic N) is 4. The Bertz CT molecular complexity index is 1330. The number of nitrogens with two attached hydrogens (primary N) is 1. The van der Waals surface area contributed by atoms with Crippen molar-refractivity contribution < 1.29 is 33.0 Å². The maximum atomic E-state index is 13.2. The molecule has 36 heavy (non-hydrogen) atoms. The molecular formula is C22H26N5O7PS. The lowest BCUT2D eigenvalue weighted by Crippen LogP contribution is -2.39. The minimum Gasteiger partial charge on any atom is -0.454 e. The van der Waals surface area contributed by atoms with E-state index in [4.69, 9.17) is 24.3 Å². The third kappa shape index (κ3) is 4.62. The molecule has 0 aliphatic carbocycles. The molecule has 192 valence electrons. The van der Waals surface area contributed by atoms with Crippen molar-refractivity contribution in [3.8, 4) is 11.4 Å². The second-order valence-corrected chi connectivity index (χ2v) is 13.4. The lowest BCUT2D eigenvalue weighted by molar-refractivity contribution is -0.150. The van der Waals surface area contributed by atoms with Gasteiger partial charge >= 0.3 is 12.8 Å². The van der Waals surface area contributed by atoms with Gasteiger partial charge < -0.3 is 20.3 Å². The summed E-state index contributed by atoms with van der Waals surface area (Å²) in [4.78, 5) is 25.0. The van der Waals surface area contributed by atoms with E-state index in [2.05, 4.69) is 15.0 Å². The molecule has 0 amide bonds. The average molecular weight is 536 g/mol. The number of ether oxygens (including phenoxy) is 2. The van der Waals surface area contributed by atoms with Crippen molar-refractivity contribution in [1.29, 1.82) is 0 Å². The van der Waals surface area contributed by atoms with Crippen LogP contribution >= 0.6 is 18.2 Å². The Morgan fingerprint density at radius 3 is 2.78 bits per heavy atom. The van der Waals surface area contributed by atoms with Crippen LogP contribution in [0.3, 0.4) is 0 Å². The number of aromatic nitrogens is 4. The monoisotopic (exact) mass is 535 g/mol. The first-order valence-corrected chi connectivity index (χ1v) is 14.3. The fourth-order valence-corrected chi connectivity index (χ4v) is 6.73. The van der Waals surface area contributed by atoms with Crippen molar-refractivity contribution in [3.05, 3.63) is 36.7 Å². The minimum absolute atomic E-state index is 0.0832. The van der Waals surface area contributed by atoms with E-state index in [1.807, 2.05) is 30.3 Å². The standard InChI is InChI=1S/C22H26N5O7PS/c1-22(2,3)21(29)31-11-36-35(30)32-9-13-16(34-35)15(28)20(33-13)27-18(12-7-5-4-6-8-12)26-14-17(23)24-10-25-19(14)27/h4-8,10,13,15-16,20,28H,9,11H2,1-3H3,(H2,23,24,25)/t13?,15-,16?,20+,35+/m0/s1. The van der Waals surface area contributed by atoms with Crippen LogP contribution in [0.1, 0.15) is 27.0 Å². The lowest BCUT2D eigenvalue weighted by atomic mass is 9.98. The smallest absolute Gasteiger partial charge is 0.392 e. The number of aliphatic hydroxyl groups excluding tert-OH is 1. The molecule has 1 aromatic carbocycles. The van der Waals surface area contributed by atoms with Crippen molar-refractivity contribution in [2.75, 3.05) is 18.3 Å². The summed E-state index contributed by atoms with van der Waals surface area (Å²) in [5.74, 6) is -0.00674. The normalized spacial score (nSPS) is 28.2. The Morgan fingerprint density at radius 1 is 1.31 bits per heavy atom. The molecule has 14 heteroatoms. The van der Waals surface area contributed by atoms with Gasteiger partial charge in [0, 0.05) is 16.9 Å². The zero-order valence-corrected chi connectivity index (χ0v) is 21.5. The maximum Gasteiger partial charge on any atom is 0.392 e. The molecule has 2 unspecified atom stereocenters. The van der Waals surface area contributed by atoms with Gasteiger partial charge in [0.1, 0.15) is 36.4 Å². The number of hydrogen-bond acceptors (Lipinski definition) is 12. The van der Waals surface area contributed by atoms with Crippen molar-refractivity contribution in [2.45, 2.75) is 45.3 Å². The number of esters is 1. The number of carbonyl (C=O) groups is 1. The molecule has 0 bridgehead atoms. The zero-order valence-electron chi connectivity index (χ0n) is 19.8. The predicted molar refractivity (Wildman–Crippen MR) is 132 cm³/mol. The Labute approximate surface area is 210 Å². The highest BCUT2D eigenvalue weighted by Crippen LogP contribution is 2.65. The molecule has 3 N–H and O–H groups in total. The number of imidazole rings is 1. The van der Waals surface area contributed by atoms with Crippen LogP contribution in [0.2, 0.25) is 0 Å². The van der Waals surface area contributed by atoms with E-state index in [9.17, 15) is 14.5 Å². The first-order chi connectivity index (χ1) is 17.1. The van der Waals surface area contributed by atoms with Gasteiger partial charge in [-0.2, -0.15) is 0 Å². The number of anilines is 1. The predicted octanol–water partition coefficient (Wildman–Crippen LogP) is 3.14. The summed E-state index contributed by atoms with van der Waals surface area (Å²) in [6.45, 7) is 1.34. The third-order valence-corrected chi connectivity index (χ3v) is 9.11. The summed E-state index contributed by atoms with van der Waals surface area (Å²) in [7, 11) is 0. The second kappa shape index (κ2) is 9.40. The van der Waals surface area contributed by atoms with Gasteiger partial charge in [-0.1, -0.05) is 30.3 Å². The van der Waals surface area contributed by atoms with E-state index in [1.54, 1.807) is 25.3 Å². The van der Waals surface area contributed by atoms with Crippen molar-refractivity contribution >= 4 is 41.1 Å². The van der Waals surface area contributed by atoms with E-state index in [1.165, 1.54) is 6.33 Å². The Hall–Kier alpha value is -2.54. The first-order valence-electron chi connectivity index (χ1n) is 11.2. The molecule has 0 radical (unpaired) electrons. The number of benzene rings is 1. The van der Waals surface area contributed by atoms with E-state index >= 15 is 0 Å². The Balaban J connectivity index is 1.41. The van der Waals surface area contributed by atoms with Gasteiger partial charge in [0.15, 0.2) is 23.2 Å². The highest BCUT2D eigenvalue weighted by Gasteiger charge is 2.53. The number of aliphatic hydroxyl groups is 1. The van der Waals surface area contributed by atoms with Crippen molar-refractivity contribution in [2.24, 2.45) is 5.41 Å². The van der Waals surface area contributed by atoms with Gasteiger partial charge in [0.05, 0.1) is 12.0 Å². The topological polar surface area (TPSA) is 161 Å². The summed E-state index contributed by atoms with van der Waals surface area (Å²) >= 11 is 0.743. The van der Waals surface area contributed by atoms with E-state index in [0.29, 0.717) is 17.0 Å². The van der Waals surface area contributed by atoms with E-state index in [0.717, 1.165) is 16.9 Å². The number of carbonyl (C=O) groups excluding carboxylic acids is 1. The fourth-order valence-electron chi connectivity index (χ4n) is 3.93. The van der Waals surface area contributed by atoms with Crippen LogP contribution in [0.4, 0.5) is 5.82 Å². The van der Waals surface area contributed by atoms with Crippen LogP contribution in [0.25, 0.3) is 22.6 Å². The third-order valence-electron chi connectivity index (χ3n) is 5.76. The van der Waals surface area contributed by atoms with Crippen LogP contribution in [0, 0.1) is 5.41 Å². The fraction of sp³-hybridized carbons (Fsp3) is 0.455. The number of nitrogen functional groups attached to an aromatic ring is 1. The van der Waals surface area contributed by atoms with Gasteiger partial charge in [-0.25, -0.2) is 19.5 Å². The van der Waals surface area contributed by atoms with Crippen LogP contribution < -0.4 is 5.73 Å². The molecule has 2 aliphatic heterocycles. The highest BCUT2D eigenvalue weighted by molar-refractivity contribution is 8.55. The Kier molecular flexibility index (Phi) is 6.56. The summed E-state index contributed by atoms with van der Waals surface area (Å²) in [6, 6.07) is 9.31. The average Bonchev–Trinajstić information content (AvgIpc) is 3.37. The number of fused-ring (bicyclic) bond motifs is 2. The molecule has 5 atom stereocenters. The SMILES string of the molecule is CC(C)(C)C(=O)OCS[P@]1(=O)OCC2O[C@@H](n3c(-c4ccccc4)nc4c(N)ncnc43)[C@@H](O)C2O1. The molecule has 0 spiro atoms. The van der Waals surface area contributed by atoms with Crippen LogP contribution in [0.5, 0.6) is 0 Å². The minimum atomic E-state index is -3.73. The summed E-state index contributed by atoms with van der Waals surface area (Å²) < 4.78 is 37.3. The van der Waals surface area contributed by atoms with Gasteiger partial charge in [-0.3, -0.25) is 18.4 Å². The molecule has 2 saturated heterocycles. The molecule has 3 aromatic rings. The molecule has 4 heterocycles. The first kappa shape index (κ1) is 25.1. The van der Waals surface area contributed by atoms with Gasteiger partial charge in [-0.15, -0.1) is 0 Å². The molecule has 0 saturated carbocycles. The Morgan fingerprint density at radius 2 is 2.06 bits per heavy atom. The maximum absolute atomic E-state index is 13.2. The number of rotatable bonds is 5. The summed E-state index contributed by atoms with van der Waals surface area (Å²) in [5.41, 5.74) is 6.83.